The van der Waals surface area contributed by atoms with E-state index in [0.717, 1.165) is 0 Å². The highest BCUT2D eigenvalue weighted by molar-refractivity contribution is 6.81. The second kappa shape index (κ2) is 9.79. The third-order valence-electron chi connectivity index (χ3n) is 5.02. The summed E-state index contributed by atoms with van der Waals surface area (Å²) >= 11 is 0. The molecular weight excluding hydrogens is 396 g/mol. The highest BCUT2D eigenvalue weighted by atomic mass is 16.5. The number of hydrogen-bond donors (Lipinski definition) is 2. The van der Waals surface area contributed by atoms with Gasteiger partial charge in [0.05, 0.1) is 18.9 Å². The molecule has 2 heterocycles. The standard InChI is InChI=1S/C20H19B2N5O4/c1-31-20(30)15-8-14(9-16(29)10-15)17-11-25-27-6-2-18(26-19(17)27)22(13-24)4-3-21(12-23)5-7-28/h2,6,8-11,28-29H,3-5,7H2,1H3. The van der Waals surface area contributed by atoms with Crippen LogP contribution in [0.3, 0.4) is 0 Å². The molecule has 0 aliphatic carbocycles. The lowest BCUT2D eigenvalue weighted by Gasteiger charge is -2.08. The van der Waals surface area contributed by atoms with Crippen molar-refractivity contribution in [1.29, 1.82) is 10.5 Å². The van der Waals surface area contributed by atoms with Gasteiger partial charge < -0.3 is 14.9 Å². The average Bonchev–Trinajstić information content (AvgIpc) is 3.21. The van der Waals surface area contributed by atoms with Crippen LogP contribution in [-0.2, 0) is 4.74 Å². The Morgan fingerprint density at radius 3 is 2.71 bits per heavy atom. The summed E-state index contributed by atoms with van der Waals surface area (Å²) in [7, 11) is 1.26. The van der Waals surface area contributed by atoms with Crippen molar-refractivity contribution in [2.75, 3.05) is 13.7 Å². The van der Waals surface area contributed by atoms with Gasteiger partial charge in [0.25, 0.3) is 6.71 Å². The zero-order chi connectivity index (χ0) is 22.4. The number of aliphatic hydroxyl groups excluding tert-OH is 1. The molecule has 0 saturated carbocycles. The van der Waals surface area contributed by atoms with Gasteiger partial charge in [-0.25, -0.2) is 24.8 Å². The Morgan fingerprint density at radius 2 is 2.03 bits per heavy atom. The topological polar surface area (TPSA) is 145 Å². The molecule has 0 saturated heterocycles. The molecule has 9 nitrogen and oxygen atoms in total. The Kier molecular flexibility index (Phi) is 6.91. The van der Waals surface area contributed by atoms with Gasteiger partial charge in [-0.15, -0.1) is 0 Å². The van der Waals surface area contributed by atoms with E-state index in [9.17, 15) is 15.2 Å². The van der Waals surface area contributed by atoms with Gasteiger partial charge >= 0.3 is 12.7 Å². The van der Waals surface area contributed by atoms with Gasteiger partial charge in [0.1, 0.15) is 5.75 Å². The highest BCUT2D eigenvalue weighted by Crippen LogP contribution is 2.28. The number of carbonyl (C=O) groups is 1. The second-order valence-electron chi connectivity index (χ2n) is 7.04. The number of esters is 1. The number of rotatable bonds is 8. The molecule has 31 heavy (non-hydrogen) atoms. The first-order valence-corrected chi connectivity index (χ1v) is 9.67. The zero-order valence-corrected chi connectivity index (χ0v) is 16.9. The van der Waals surface area contributed by atoms with E-state index in [1.54, 1.807) is 29.0 Å². The molecular formula is C20H19B2N5O4. The maximum Gasteiger partial charge on any atom is 0.338 e. The average molecular weight is 415 g/mol. The van der Waals surface area contributed by atoms with E-state index in [-0.39, 0.29) is 24.6 Å². The first-order valence-electron chi connectivity index (χ1n) is 9.67. The molecule has 0 spiro atoms. The number of fused-ring (bicyclic) bond motifs is 1. The predicted octanol–water partition coefficient (Wildman–Crippen LogP) is 1.20. The van der Waals surface area contributed by atoms with Crippen LogP contribution in [-0.4, -0.2) is 57.9 Å². The van der Waals surface area contributed by atoms with Crippen LogP contribution in [0.1, 0.15) is 10.4 Å². The second-order valence-corrected chi connectivity index (χ2v) is 7.04. The number of aromatic hydroxyl groups is 1. The van der Waals surface area contributed by atoms with Crippen LogP contribution in [0.4, 0.5) is 0 Å². The molecule has 0 bridgehead atoms. The van der Waals surface area contributed by atoms with E-state index in [1.165, 1.54) is 19.2 Å². The smallest absolute Gasteiger partial charge is 0.338 e. The van der Waals surface area contributed by atoms with Crippen LogP contribution in [0, 0.1) is 22.5 Å². The van der Waals surface area contributed by atoms with E-state index in [0.29, 0.717) is 41.3 Å². The Bertz CT molecular complexity index is 1180. The number of benzene rings is 1. The number of ether oxygens (including phenoxy) is 1. The number of phenolic OH excluding ortho intramolecular Hbond substituents is 1. The van der Waals surface area contributed by atoms with Gasteiger partial charge in [-0.05, 0) is 36.1 Å². The minimum atomic E-state index is -0.582. The van der Waals surface area contributed by atoms with Crippen LogP contribution in [0.15, 0.2) is 36.7 Å². The molecule has 0 aliphatic heterocycles. The Labute approximate surface area is 179 Å². The van der Waals surface area contributed by atoms with Gasteiger partial charge in [-0.3, -0.25) is 0 Å². The van der Waals surface area contributed by atoms with Crippen molar-refractivity contribution in [3.05, 3.63) is 42.2 Å². The molecule has 2 aromatic heterocycles. The van der Waals surface area contributed by atoms with Crippen molar-refractivity contribution in [2.45, 2.75) is 19.0 Å². The molecule has 154 valence electrons. The Morgan fingerprint density at radius 1 is 1.23 bits per heavy atom. The quantitative estimate of drug-likeness (QED) is 0.413. The SMILES string of the molecule is COC(=O)c1cc(O)cc(-c2cnn3ccc(B(C#N)CCB(C#N)CCO)nc23)c1. The molecule has 0 fully saturated rings. The van der Waals surface area contributed by atoms with Crippen LogP contribution < -0.4 is 5.59 Å². The number of nitrogens with zero attached hydrogens (tertiary/aromatic N) is 5. The minimum Gasteiger partial charge on any atom is -0.508 e. The van der Waals surface area contributed by atoms with E-state index in [1.807, 2.05) is 0 Å². The molecule has 0 atom stereocenters. The van der Waals surface area contributed by atoms with Crippen LogP contribution in [0.25, 0.3) is 16.8 Å². The number of phenols is 1. The summed E-state index contributed by atoms with van der Waals surface area (Å²) in [5, 5.41) is 42.1. The molecule has 1 aromatic carbocycles. The lowest BCUT2D eigenvalue weighted by atomic mass is 9.37. The van der Waals surface area contributed by atoms with Crippen molar-refractivity contribution in [2.24, 2.45) is 0 Å². The number of aromatic nitrogens is 3. The maximum atomic E-state index is 11.9. The lowest BCUT2D eigenvalue weighted by molar-refractivity contribution is 0.0600. The molecule has 0 amide bonds. The van der Waals surface area contributed by atoms with E-state index in [2.05, 4.69) is 22.0 Å². The summed E-state index contributed by atoms with van der Waals surface area (Å²) in [6.45, 7) is -0.924. The predicted molar refractivity (Wildman–Crippen MR) is 115 cm³/mol. The van der Waals surface area contributed by atoms with E-state index in [4.69, 9.17) is 15.1 Å². The summed E-state index contributed by atoms with van der Waals surface area (Å²) in [6.07, 6.45) is 4.53. The molecule has 0 aliphatic rings. The lowest BCUT2D eigenvalue weighted by Crippen LogP contribution is -2.33. The first-order chi connectivity index (χ1) is 15.0. The summed E-state index contributed by atoms with van der Waals surface area (Å²) in [4.78, 5) is 16.5. The zero-order valence-electron chi connectivity index (χ0n) is 16.9. The van der Waals surface area contributed by atoms with Crippen molar-refractivity contribution in [1.82, 2.24) is 14.6 Å². The van der Waals surface area contributed by atoms with E-state index >= 15 is 0 Å². The van der Waals surface area contributed by atoms with Gasteiger partial charge in [-0.2, -0.15) is 5.10 Å². The van der Waals surface area contributed by atoms with Gasteiger partial charge in [0, 0.05) is 35.9 Å². The van der Waals surface area contributed by atoms with Crippen LogP contribution in [0.5, 0.6) is 5.75 Å². The van der Waals surface area contributed by atoms with Crippen molar-refractivity contribution in [3.63, 3.8) is 0 Å². The molecule has 0 unspecified atom stereocenters. The summed E-state index contributed by atoms with van der Waals surface area (Å²) in [5.74, 6) is 3.70. The minimum absolute atomic E-state index is 0.0731. The van der Waals surface area contributed by atoms with Crippen molar-refractivity contribution < 1.29 is 19.7 Å². The van der Waals surface area contributed by atoms with Gasteiger partial charge in [0.2, 0.25) is 0 Å². The van der Waals surface area contributed by atoms with Crippen molar-refractivity contribution >= 4 is 30.6 Å². The molecule has 3 aromatic rings. The van der Waals surface area contributed by atoms with Gasteiger partial charge in [0.15, 0.2) is 5.65 Å². The maximum absolute atomic E-state index is 11.9. The largest absolute Gasteiger partial charge is 0.508 e. The third-order valence-corrected chi connectivity index (χ3v) is 5.02. The fraction of sp³-hybridized carbons (Fsp3) is 0.250. The van der Waals surface area contributed by atoms with Crippen LogP contribution in [0.2, 0.25) is 19.0 Å². The number of carbonyl (C=O) groups excluding carboxylic acids is 1. The molecule has 0 radical (unpaired) electrons. The summed E-state index contributed by atoms with van der Waals surface area (Å²) in [6, 6.07) is 6.08. The number of methoxy groups -OCH3 is 1. The number of aliphatic hydroxyl groups is 1. The molecule has 2 N–H and O–H groups in total. The number of nitriles is 2. The van der Waals surface area contributed by atoms with Crippen molar-refractivity contribution in [3.8, 4) is 28.8 Å². The fourth-order valence-electron chi connectivity index (χ4n) is 3.36. The summed E-state index contributed by atoms with van der Waals surface area (Å²) < 4.78 is 6.27. The first kappa shape index (κ1) is 21.9. The monoisotopic (exact) mass is 415 g/mol. The van der Waals surface area contributed by atoms with E-state index < -0.39 is 12.7 Å². The highest BCUT2D eigenvalue weighted by Gasteiger charge is 2.24. The van der Waals surface area contributed by atoms with Crippen LogP contribution >= 0.6 is 0 Å². The number of hydrogen-bond acceptors (Lipinski definition) is 8. The fourth-order valence-corrected chi connectivity index (χ4v) is 3.36. The molecule has 11 heteroatoms. The Hall–Kier alpha value is -3.82. The van der Waals surface area contributed by atoms with Gasteiger partial charge in [-0.1, -0.05) is 12.6 Å². The normalized spacial score (nSPS) is 10.3. The molecule has 3 rings (SSSR count). The third kappa shape index (κ3) is 4.85. The Balaban J connectivity index is 1.96. The summed E-state index contributed by atoms with van der Waals surface area (Å²) in [5.41, 5.74) is 2.29.